The van der Waals surface area contributed by atoms with E-state index in [0.29, 0.717) is 22.5 Å². The second kappa shape index (κ2) is 8.48. The molecule has 3 rings (SSSR count). The largest absolute Gasteiger partial charge is 0.479 e. The Balaban J connectivity index is 1.83. The van der Waals surface area contributed by atoms with E-state index in [1.54, 1.807) is 51.1 Å². The van der Waals surface area contributed by atoms with Crippen molar-refractivity contribution in [1.82, 2.24) is 0 Å². The predicted molar refractivity (Wildman–Crippen MR) is 108 cm³/mol. The molecule has 0 fully saturated rings. The smallest absolute Gasteiger partial charge is 0.347 e. The van der Waals surface area contributed by atoms with Crippen LogP contribution in [0.25, 0.3) is 11.0 Å². The SMILES string of the molecule is CC(C)OC(=O)C(C)Oc1ccc2c(=O)c(Oc3ccccc3Br)coc2c1. The van der Waals surface area contributed by atoms with E-state index in [0.717, 1.165) is 4.47 Å². The van der Waals surface area contributed by atoms with Gasteiger partial charge in [0, 0.05) is 6.07 Å². The van der Waals surface area contributed by atoms with Crippen LogP contribution in [0.1, 0.15) is 20.8 Å². The van der Waals surface area contributed by atoms with Crippen LogP contribution < -0.4 is 14.9 Å². The highest BCUT2D eigenvalue weighted by Gasteiger charge is 2.18. The molecule has 6 nitrogen and oxygen atoms in total. The molecule has 0 amide bonds. The summed E-state index contributed by atoms with van der Waals surface area (Å²) in [7, 11) is 0. The molecule has 1 heterocycles. The number of hydrogen-bond donors (Lipinski definition) is 0. The molecule has 0 aliphatic heterocycles. The van der Waals surface area contributed by atoms with Gasteiger partial charge in [0.05, 0.1) is 16.0 Å². The molecular weight excluding hydrogens is 428 g/mol. The fraction of sp³-hybridized carbons (Fsp3) is 0.238. The van der Waals surface area contributed by atoms with Gasteiger partial charge in [-0.3, -0.25) is 4.79 Å². The van der Waals surface area contributed by atoms with E-state index in [-0.39, 0.29) is 17.3 Å². The summed E-state index contributed by atoms with van der Waals surface area (Å²) in [5, 5.41) is 0.342. The number of carbonyl (C=O) groups excluding carboxylic acids is 1. The standard InChI is InChI=1S/C21H19BrO6/c1-12(2)26-21(24)13(3)27-14-8-9-15-18(10-14)25-11-19(20(15)23)28-17-7-5-4-6-16(17)22/h4-13H,1-3H3. The van der Waals surface area contributed by atoms with Gasteiger partial charge in [0.25, 0.3) is 0 Å². The van der Waals surface area contributed by atoms with Crippen LogP contribution in [0.2, 0.25) is 0 Å². The van der Waals surface area contributed by atoms with Crippen molar-refractivity contribution in [2.24, 2.45) is 0 Å². The molecule has 0 radical (unpaired) electrons. The fourth-order valence-corrected chi connectivity index (χ4v) is 2.83. The van der Waals surface area contributed by atoms with Crippen LogP contribution in [0.4, 0.5) is 0 Å². The number of hydrogen-bond acceptors (Lipinski definition) is 6. The fourth-order valence-electron chi connectivity index (χ4n) is 2.46. The molecule has 0 saturated heterocycles. The van der Waals surface area contributed by atoms with E-state index in [9.17, 15) is 9.59 Å². The quantitative estimate of drug-likeness (QED) is 0.492. The van der Waals surface area contributed by atoms with Crippen molar-refractivity contribution in [2.75, 3.05) is 0 Å². The molecule has 2 aromatic carbocycles. The highest BCUT2D eigenvalue weighted by molar-refractivity contribution is 9.10. The Morgan fingerprint density at radius 2 is 1.82 bits per heavy atom. The number of halogens is 1. The highest BCUT2D eigenvalue weighted by Crippen LogP contribution is 2.29. The second-order valence-electron chi connectivity index (χ2n) is 6.37. The Hall–Kier alpha value is -2.80. The van der Waals surface area contributed by atoms with Crippen molar-refractivity contribution in [3.8, 4) is 17.2 Å². The monoisotopic (exact) mass is 446 g/mol. The van der Waals surface area contributed by atoms with Crippen molar-refractivity contribution >= 4 is 32.9 Å². The average Bonchev–Trinajstić information content (AvgIpc) is 2.65. The highest BCUT2D eigenvalue weighted by atomic mass is 79.9. The molecule has 0 N–H and O–H groups in total. The maximum atomic E-state index is 12.7. The van der Waals surface area contributed by atoms with E-state index in [1.807, 2.05) is 12.1 Å². The third-order valence-corrected chi connectivity index (χ3v) is 4.42. The Labute approximate surface area is 170 Å². The van der Waals surface area contributed by atoms with Crippen molar-refractivity contribution < 1.29 is 23.4 Å². The summed E-state index contributed by atoms with van der Waals surface area (Å²) in [4.78, 5) is 24.6. The molecule has 28 heavy (non-hydrogen) atoms. The van der Waals surface area contributed by atoms with Crippen molar-refractivity contribution in [3.05, 3.63) is 63.4 Å². The number of ether oxygens (including phenoxy) is 3. The molecule has 146 valence electrons. The minimum atomic E-state index is -0.787. The average molecular weight is 447 g/mol. The predicted octanol–water partition coefficient (Wildman–Crippen LogP) is 5.07. The van der Waals surface area contributed by atoms with Crippen molar-refractivity contribution in [2.45, 2.75) is 33.0 Å². The Morgan fingerprint density at radius 1 is 1.07 bits per heavy atom. The van der Waals surface area contributed by atoms with Gasteiger partial charge in [-0.15, -0.1) is 0 Å². The summed E-state index contributed by atoms with van der Waals surface area (Å²) < 4.78 is 22.6. The van der Waals surface area contributed by atoms with Crippen LogP contribution in [0.5, 0.6) is 17.2 Å². The zero-order chi connectivity index (χ0) is 20.3. The van der Waals surface area contributed by atoms with Crippen LogP contribution in [0, 0.1) is 0 Å². The summed E-state index contributed by atoms with van der Waals surface area (Å²) in [6, 6.07) is 11.9. The first kappa shape index (κ1) is 19.9. The van der Waals surface area contributed by atoms with Crippen LogP contribution in [-0.4, -0.2) is 18.2 Å². The zero-order valence-electron chi connectivity index (χ0n) is 15.6. The molecule has 1 atom stereocenters. The van der Waals surface area contributed by atoms with E-state index in [1.165, 1.54) is 6.26 Å². The topological polar surface area (TPSA) is 75.0 Å². The van der Waals surface area contributed by atoms with E-state index < -0.39 is 12.1 Å². The number of fused-ring (bicyclic) bond motifs is 1. The molecule has 3 aromatic rings. The molecular formula is C21H19BrO6. The molecule has 0 saturated carbocycles. The second-order valence-corrected chi connectivity index (χ2v) is 7.22. The normalized spacial score (nSPS) is 12.0. The first-order valence-corrected chi connectivity index (χ1v) is 9.49. The molecule has 0 aliphatic carbocycles. The molecule has 0 aliphatic rings. The summed E-state index contributed by atoms with van der Waals surface area (Å²) in [5.74, 6) is 0.505. The summed E-state index contributed by atoms with van der Waals surface area (Å²) in [6.45, 7) is 5.13. The maximum absolute atomic E-state index is 12.7. The molecule has 0 bridgehead atoms. The van der Waals surface area contributed by atoms with E-state index in [2.05, 4.69) is 15.9 Å². The van der Waals surface area contributed by atoms with E-state index >= 15 is 0 Å². The van der Waals surface area contributed by atoms with Crippen LogP contribution in [0.15, 0.2) is 62.4 Å². The lowest BCUT2D eigenvalue weighted by Gasteiger charge is -2.16. The van der Waals surface area contributed by atoms with Gasteiger partial charge in [0.2, 0.25) is 11.2 Å². The number of esters is 1. The maximum Gasteiger partial charge on any atom is 0.347 e. The minimum Gasteiger partial charge on any atom is -0.479 e. The number of benzene rings is 2. The van der Waals surface area contributed by atoms with Crippen LogP contribution >= 0.6 is 15.9 Å². The summed E-state index contributed by atoms with van der Waals surface area (Å²) >= 11 is 3.37. The molecule has 1 aromatic heterocycles. The van der Waals surface area contributed by atoms with Crippen LogP contribution in [0.3, 0.4) is 0 Å². The van der Waals surface area contributed by atoms with Gasteiger partial charge >= 0.3 is 5.97 Å². The Kier molecular flexibility index (Phi) is 6.04. The molecule has 1 unspecified atom stereocenters. The van der Waals surface area contributed by atoms with Crippen molar-refractivity contribution in [3.63, 3.8) is 0 Å². The van der Waals surface area contributed by atoms with Crippen molar-refractivity contribution in [1.29, 1.82) is 0 Å². The van der Waals surface area contributed by atoms with Gasteiger partial charge < -0.3 is 18.6 Å². The van der Waals surface area contributed by atoms with E-state index in [4.69, 9.17) is 18.6 Å². The lowest BCUT2D eigenvalue weighted by Crippen LogP contribution is -2.28. The lowest BCUT2D eigenvalue weighted by atomic mass is 10.2. The first-order valence-electron chi connectivity index (χ1n) is 8.70. The third kappa shape index (κ3) is 4.54. The van der Waals surface area contributed by atoms with Gasteiger partial charge in [0.1, 0.15) is 23.3 Å². The molecule has 7 heteroatoms. The van der Waals surface area contributed by atoms with Gasteiger partial charge in [-0.2, -0.15) is 0 Å². The zero-order valence-corrected chi connectivity index (χ0v) is 17.2. The summed E-state index contributed by atoms with van der Waals surface area (Å²) in [5.41, 5.74) is 0.0159. The third-order valence-electron chi connectivity index (χ3n) is 3.77. The lowest BCUT2D eigenvalue weighted by molar-refractivity contribution is -0.154. The number of para-hydroxylation sites is 1. The number of rotatable bonds is 6. The van der Waals surface area contributed by atoms with Gasteiger partial charge in [0.15, 0.2) is 6.10 Å². The van der Waals surface area contributed by atoms with Gasteiger partial charge in [-0.05, 0) is 61.0 Å². The van der Waals surface area contributed by atoms with Crippen LogP contribution in [-0.2, 0) is 9.53 Å². The first-order chi connectivity index (χ1) is 13.3. The Morgan fingerprint density at radius 3 is 2.54 bits per heavy atom. The van der Waals surface area contributed by atoms with Gasteiger partial charge in [-0.1, -0.05) is 12.1 Å². The number of carbonyl (C=O) groups is 1. The minimum absolute atomic E-state index is 0.0712. The van der Waals surface area contributed by atoms with Gasteiger partial charge in [-0.25, -0.2) is 4.79 Å². The summed E-state index contributed by atoms with van der Waals surface area (Å²) in [6.07, 6.45) is 0.241. The Bertz CT molecular complexity index is 1060. The molecule has 0 spiro atoms.